The molecule has 0 aromatic heterocycles. The van der Waals surface area contributed by atoms with Crippen molar-refractivity contribution in [2.75, 3.05) is 6.61 Å². The number of rotatable bonds is 5. The van der Waals surface area contributed by atoms with Crippen molar-refractivity contribution in [3.8, 4) is 5.75 Å². The fourth-order valence-electron chi connectivity index (χ4n) is 2.74. The number of halogens is 2. The summed E-state index contributed by atoms with van der Waals surface area (Å²) >= 11 is 12.4. The molecule has 2 rings (SSSR count). The maximum absolute atomic E-state index is 6.22. The Morgan fingerprint density at radius 1 is 1.10 bits per heavy atom. The molecular weight excluding hydrogens is 293 g/mol. The summed E-state index contributed by atoms with van der Waals surface area (Å²) in [4.78, 5) is 0. The van der Waals surface area contributed by atoms with Gasteiger partial charge in [0.05, 0.1) is 16.7 Å². The molecule has 1 aliphatic carbocycles. The number of hydrogen-bond donors (Lipinski definition) is 1. The van der Waals surface area contributed by atoms with Crippen LogP contribution in [0.5, 0.6) is 5.75 Å². The topological polar surface area (TPSA) is 21.3 Å². The fourth-order valence-corrected chi connectivity index (χ4v) is 3.38. The lowest BCUT2D eigenvalue weighted by molar-refractivity contribution is 0.340. The van der Waals surface area contributed by atoms with E-state index in [0.717, 1.165) is 12.1 Å². The average molecular weight is 316 g/mol. The smallest absolute Gasteiger partial charge is 0.156 e. The highest BCUT2D eigenvalue weighted by atomic mass is 35.5. The standard InChI is InChI=1S/C16H23Cl2NO/c1-2-20-16-14(17)9-12(10-15(16)18)11-19-13-7-5-3-4-6-8-13/h9-10,13,19H,2-8,11H2,1H3. The second-order valence-corrected chi connectivity index (χ2v) is 6.21. The third-order valence-electron chi connectivity index (χ3n) is 3.80. The van der Waals surface area contributed by atoms with Gasteiger partial charge in [0, 0.05) is 12.6 Å². The third kappa shape index (κ3) is 4.54. The summed E-state index contributed by atoms with van der Waals surface area (Å²) in [5.74, 6) is 0.592. The van der Waals surface area contributed by atoms with Crippen molar-refractivity contribution in [2.45, 2.75) is 58.0 Å². The first-order chi connectivity index (χ1) is 9.70. The molecule has 1 N–H and O–H groups in total. The highest BCUT2D eigenvalue weighted by Crippen LogP contribution is 2.34. The minimum absolute atomic E-state index is 0.569. The van der Waals surface area contributed by atoms with Crippen molar-refractivity contribution >= 4 is 23.2 Å². The average Bonchev–Trinajstić information content (AvgIpc) is 2.69. The number of ether oxygens (including phenoxy) is 1. The Balaban J connectivity index is 1.95. The van der Waals surface area contributed by atoms with Crippen LogP contribution in [-0.4, -0.2) is 12.6 Å². The van der Waals surface area contributed by atoms with Crippen molar-refractivity contribution < 1.29 is 4.74 Å². The number of benzene rings is 1. The zero-order valence-corrected chi connectivity index (χ0v) is 13.6. The second kappa shape index (κ2) is 8.11. The molecule has 1 saturated carbocycles. The normalized spacial score (nSPS) is 16.9. The first-order valence-electron chi connectivity index (χ1n) is 7.54. The summed E-state index contributed by atoms with van der Waals surface area (Å²) in [6, 6.07) is 4.52. The first-order valence-corrected chi connectivity index (χ1v) is 8.30. The van der Waals surface area contributed by atoms with Crippen LogP contribution in [0, 0.1) is 0 Å². The third-order valence-corrected chi connectivity index (χ3v) is 4.36. The van der Waals surface area contributed by atoms with E-state index in [9.17, 15) is 0 Å². The van der Waals surface area contributed by atoms with Gasteiger partial charge in [0.15, 0.2) is 5.75 Å². The molecule has 1 aromatic carbocycles. The molecule has 2 nitrogen and oxygen atoms in total. The quantitative estimate of drug-likeness (QED) is 0.753. The monoisotopic (exact) mass is 315 g/mol. The highest BCUT2D eigenvalue weighted by molar-refractivity contribution is 6.37. The lowest BCUT2D eigenvalue weighted by atomic mass is 10.1. The molecule has 0 unspecified atom stereocenters. The Bertz CT molecular complexity index is 405. The number of hydrogen-bond acceptors (Lipinski definition) is 2. The predicted octanol–water partition coefficient (Wildman–Crippen LogP) is 5.20. The van der Waals surface area contributed by atoms with E-state index in [2.05, 4.69) is 5.32 Å². The molecule has 0 spiro atoms. The predicted molar refractivity (Wildman–Crippen MR) is 86.0 cm³/mol. The van der Waals surface area contributed by atoms with E-state index in [1.54, 1.807) is 0 Å². The van der Waals surface area contributed by atoms with Crippen LogP contribution in [0.4, 0.5) is 0 Å². The van der Waals surface area contributed by atoms with Crippen LogP contribution < -0.4 is 10.1 Å². The Kier molecular flexibility index (Phi) is 6.47. The SMILES string of the molecule is CCOc1c(Cl)cc(CNC2CCCCCC2)cc1Cl. The van der Waals surface area contributed by atoms with Crippen molar-refractivity contribution in [2.24, 2.45) is 0 Å². The Labute approximate surface area is 131 Å². The molecule has 1 aliphatic rings. The van der Waals surface area contributed by atoms with Crippen molar-refractivity contribution in [1.29, 1.82) is 0 Å². The van der Waals surface area contributed by atoms with Gasteiger partial charge in [0.1, 0.15) is 0 Å². The van der Waals surface area contributed by atoms with Crippen molar-refractivity contribution in [3.05, 3.63) is 27.7 Å². The largest absolute Gasteiger partial charge is 0.491 e. The van der Waals surface area contributed by atoms with E-state index >= 15 is 0 Å². The van der Waals surface area contributed by atoms with Crippen molar-refractivity contribution in [1.82, 2.24) is 5.32 Å². The van der Waals surface area contributed by atoms with Crippen LogP contribution in [0.1, 0.15) is 51.0 Å². The summed E-state index contributed by atoms with van der Waals surface area (Å²) in [6.07, 6.45) is 7.97. The van der Waals surface area contributed by atoms with Gasteiger partial charge in [-0.25, -0.2) is 0 Å². The van der Waals surface area contributed by atoms with E-state index in [0.29, 0.717) is 28.4 Å². The van der Waals surface area contributed by atoms with E-state index in [-0.39, 0.29) is 0 Å². The maximum atomic E-state index is 6.22. The van der Waals surface area contributed by atoms with Gasteiger partial charge in [-0.3, -0.25) is 0 Å². The van der Waals surface area contributed by atoms with Gasteiger partial charge in [-0.2, -0.15) is 0 Å². The molecule has 0 heterocycles. The van der Waals surface area contributed by atoms with E-state index < -0.39 is 0 Å². The maximum Gasteiger partial charge on any atom is 0.156 e. The lowest BCUT2D eigenvalue weighted by Crippen LogP contribution is -2.27. The van der Waals surface area contributed by atoms with Crippen LogP contribution in [0.3, 0.4) is 0 Å². The van der Waals surface area contributed by atoms with Gasteiger partial charge >= 0.3 is 0 Å². The van der Waals surface area contributed by atoms with Crippen LogP contribution in [0.2, 0.25) is 10.0 Å². The first kappa shape index (κ1) is 15.9. The summed E-state index contributed by atoms with van der Waals surface area (Å²) in [7, 11) is 0. The fraction of sp³-hybridized carbons (Fsp3) is 0.625. The molecule has 4 heteroatoms. The van der Waals surface area contributed by atoms with Crippen LogP contribution in [0.15, 0.2) is 12.1 Å². The van der Waals surface area contributed by atoms with E-state index in [4.69, 9.17) is 27.9 Å². The summed E-state index contributed by atoms with van der Waals surface area (Å²) < 4.78 is 5.45. The Morgan fingerprint density at radius 2 is 1.70 bits per heavy atom. The van der Waals surface area contributed by atoms with Gasteiger partial charge in [-0.15, -0.1) is 0 Å². The molecule has 0 amide bonds. The Morgan fingerprint density at radius 3 is 2.25 bits per heavy atom. The van der Waals surface area contributed by atoms with Gasteiger partial charge < -0.3 is 10.1 Å². The molecule has 1 fully saturated rings. The molecule has 0 saturated heterocycles. The highest BCUT2D eigenvalue weighted by Gasteiger charge is 2.13. The Hall–Kier alpha value is -0.440. The summed E-state index contributed by atoms with van der Waals surface area (Å²) in [6.45, 7) is 3.31. The summed E-state index contributed by atoms with van der Waals surface area (Å²) in [5.41, 5.74) is 1.12. The van der Waals surface area contributed by atoms with Gasteiger partial charge in [-0.05, 0) is 37.5 Å². The minimum atomic E-state index is 0.569. The number of nitrogens with one attached hydrogen (secondary N) is 1. The van der Waals surface area contributed by atoms with Crippen molar-refractivity contribution in [3.63, 3.8) is 0 Å². The zero-order chi connectivity index (χ0) is 14.4. The minimum Gasteiger partial charge on any atom is -0.491 e. The molecule has 0 atom stereocenters. The summed E-state index contributed by atoms with van der Waals surface area (Å²) in [5, 5.41) is 4.81. The second-order valence-electron chi connectivity index (χ2n) is 5.39. The molecule has 0 aliphatic heterocycles. The lowest BCUT2D eigenvalue weighted by Gasteiger charge is -2.17. The zero-order valence-electron chi connectivity index (χ0n) is 12.1. The molecule has 20 heavy (non-hydrogen) atoms. The molecule has 1 aromatic rings. The van der Waals surface area contributed by atoms with Gasteiger partial charge in [-0.1, -0.05) is 48.9 Å². The molecule has 0 bridgehead atoms. The van der Waals surface area contributed by atoms with Crippen LogP contribution in [0.25, 0.3) is 0 Å². The van der Waals surface area contributed by atoms with Crippen LogP contribution in [-0.2, 0) is 6.54 Å². The van der Waals surface area contributed by atoms with Gasteiger partial charge in [0.25, 0.3) is 0 Å². The van der Waals surface area contributed by atoms with E-state index in [1.165, 1.54) is 38.5 Å². The van der Waals surface area contributed by atoms with E-state index in [1.807, 2.05) is 19.1 Å². The molecule has 0 radical (unpaired) electrons. The molecular formula is C16H23Cl2NO. The van der Waals surface area contributed by atoms with Crippen LogP contribution >= 0.6 is 23.2 Å². The molecule has 112 valence electrons. The van der Waals surface area contributed by atoms with Gasteiger partial charge in [0.2, 0.25) is 0 Å².